The third-order valence-electron chi connectivity index (χ3n) is 4.49. The van der Waals surface area contributed by atoms with Gasteiger partial charge < -0.3 is 4.90 Å². The van der Waals surface area contributed by atoms with Crippen molar-refractivity contribution in [1.82, 2.24) is 9.88 Å². The number of aryl methyl sites for hydroxylation is 2. The predicted molar refractivity (Wildman–Crippen MR) is 103 cm³/mol. The van der Waals surface area contributed by atoms with Gasteiger partial charge in [-0.3, -0.25) is 9.52 Å². The number of carbonyl (C=O) groups is 1. The Bertz CT molecular complexity index is 904. The second-order valence-electron chi connectivity index (χ2n) is 6.85. The van der Waals surface area contributed by atoms with Crippen LogP contribution < -0.4 is 4.72 Å². The fourth-order valence-corrected chi connectivity index (χ4v) is 5.22. The lowest BCUT2D eigenvalue weighted by Gasteiger charge is -2.30. The first-order valence-corrected chi connectivity index (χ1v) is 10.9. The maximum absolute atomic E-state index is 12.8. The lowest BCUT2D eigenvalue weighted by atomic mass is 10.0. The summed E-state index contributed by atoms with van der Waals surface area (Å²) >= 11 is 1.09. The minimum absolute atomic E-state index is 0.0627. The second kappa shape index (κ2) is 7.36. The Balaban J connectivity index is 1.79. The molecule has 1 atom stereocenters. The van der Waals surface area contributed by atoms with Crippen LogP contribution in [0.5, 0.6) is 0 Å². The summed E-state index contributed by atoms with van der Waals surface area (Å²) < 4.78 is 27.5. The Labute approximate surface area is 158 Å². The number of aromatic nitrogens is 1. The number of nitrogens with one attached hydrogen (secondary N) is 1. The number of rotatable bonds is 4. The molecular formula is C18H23N3O3S2. The zero-order valence-electron chi connectivity index (χ0n) is 15.2. The molecule has 0 radical (unpaired) electrons. The number of thiazole rings is 1. The highest BCUT2D eigenvalue weighted by Crippen LogP contribution is 2.28. The van der Waals surface area contributed by atoms with Crippen LogP contribution in [0, 0.1) is 19.8 Å². The van der Waals surface area contributed by atoms with Crippen molar-refractivity contribution >= 4 is 32.4 Å². The van der Waals surface area contributed by atoms with E-state index in [9.17, 15) is 13.2 Å². The Hall–Kier alpha value is -1.93. The van der Waals surface area contributed by atoms with Crippen molar-refractivity contribution in [2.24, 2.45) is 5.92 Å². The Morgan fingerprint density at radius 1 is 1.27 bits per heavy atom. The molecule has 1 N–H and O–H groups in total. The van der Waals surface area contributed by atoms with E-state index in [0.717, 1.165) is 42.8 Å². The molecular weight excluding hydrogens is 370 g/mol. The molecule has 6 nitrogen and oxygen atoms in total. The van der Waals surface area contributed by atoms with Crippen molar-refractivity contribution in [2.75, 3.05) is 17.8 Å². The summed E-state index contributed by atoms with van der Waals surface area (Å²) in [5, 5.41) is 0.219. The van der Waals surface area contributed by atoms with Gasteiger partial charge in [0.05, 0.1) is 10.6 Å². The first kappa shape index (κ1) is 18.8. The van der Waals surface area contributed by atoms with E-state index in [2.05, 4.69) is 16.6 Å². The minimum atomic E-state index is -3.72. The average Bonchev–Trinajstić information content (AvgIpc) is 2.94. The van der Waals surface area contributed by atoms with Crippen LogP contribution in [0.25, 0.3) is 0 Å². The lowest BCUT2D eigenvalue weighted by Crippen LogP contribution is -2.39. The molecule has 2 heterocycles. The molecule has 1 saturated heterocycles. The number of anilines is 1. The van der Waals surface area contributed by atoms with E-state index in [1.807, 2.05) is 11.8 Å². The van der Waals surface area contributed by atoms with Crippen molar-refractivity contribution in [3.63, 3.8) is 0 Å². The molecule has 140 valence electrons. The van der Waals surface area contributed by atoms with E-state index in [1.54, 1.807) is 31.2 Å². The van der Waals surface area contributed by atoms with Crippen LogP contribution in [0.15, 0.2) is 29.2 Å². The number of amides is 1. The first-order chi connectivity index (χ1) is 12.3. The van der Waals surface area contributed by atoms with Crippen LogP contribution >= 0.6 is 11.3 Å². The highest BCUT2D eigenvalue weighted by molar-refractivity contribution is 7.93. The maximum atomic E-state index is 12.8. The van der Waals surface area contributed by atoms with Crippen LogP contribution in [0.2, 0.25) is 0 Å². The number of benzene rings is 1. The van der Waals surface area contributed by atoms with Crippen LogP contribution in [0.3, 0.4) is 0 Å². The molecule has 0 aliphatic carbocycles. The molecule has 0 spiro atoms. The van der Waals surface area contributed by atoms with Crippen LogP contribution in [0.4, 0.5) is 5.13 Å². The normalized spacial score (nSPS) is 18.0. The number of hydrogen-bond acceptors (Lipinski definition) is 5. The number of likely N-dealkylation sites (tertiary alicyclic amines) is 1. The summed E-state index contributed by atoms with van der Waals surface area (Å²) in [4.78, 5) is 19.5. The smallest absolute Gasteiger partial charge is 0.265 e. The maximum Gasteiger partial charge on any atom is 0.265 e. The fourth-order valence-electron chi connectivity index (χ4n) is 3.05. The van der Waals surface area contributed by atoms with Gasteiger partial charge in [-0.2, -0.15) is 0 Å². The number of sulfonamides is 1. The van der Waals surface area contributed by atoms with Crippen LogP contribution in [-0.2, 0) is 10.0 Å². The van der Waals surface area contributed by atoms with Crippen molar-refractivity contribution in [2.45, 2.75) is 38.5 Å². The molecule has 8 heteroatoms. The Kier molecular flexibility index (Phi) is 5.34. The quantitative estimate of drug-likeness (QED) is 0.863. The lowest BCUT2D eigenvalue weighted by molar-refractivity contribution is 0.0687. The van der Waals surface area contributed by atoms with Crippen LogP contribution in [0.1, 0.15) is 40.7 Å². The molecule has 3 rings (SSSR count). The van der Waals surface area contributed by atoms with Gasteiger partial charge in [0.25, 0.3) is 15.9 Å². The van der Waals surface area contributed by atoms with Gasteiger partial charge in [-0.05, 0) is 44.7 Å². The third-order valence-corrected chi connectivity index (χ3v) is 7.03. The summed E-state index contributed by atoms with van der Waals surface area (Å²) in [7, 11) is -3.72. The summed E-state index contributed by atoms with van der Waals surface area (Å²) in [5.74, 6) is 0.424. The summed E-state index contributed by atoms with van der Waals surface area (Å²) in [6, 6.07) is 6.60. The number of carbonyl (C=O) groups excluding carboxylic acids is 1. The van der Waals surface area contributed by atoms with Gasteiger partial charge in [0, 0.05) is 13.1 Å². The molecule has 1 aliphatic rings. The second-order valence-corrected chi connectivity index (χ2v) is 9.53. The van der Waals surface area contributed by atoms with Gasteiger partial charge in [0.15, 0.2) is 5.13 Å². The molecule has 0 saturated carbocycles. The SMILES string of the molecule is Cc1ccc(S(=O)(=O)Nc2nc(C)c(C(=O)N3CCCC(C)C3)s2)cc1. The largest absolute Gasteiger partial charge is 0.338 e. The zero-order valence-corrected chi connectivity index (χ0v) is 16.8. The van der Waals surface area contributed by atoms with E-state index in [0.29, 0.717) is 16.5 Å². The molecule has 1 aromatic heterocycles. The van der Waals surface area contributed by atoms with Gasteiger partial charge in [-0.15, -0.1) is 0 Å². The van der Waals surface area contributed by atoms with Gasteiger partial charge in [0.1, 0.15) is 4.88 Å². The predicted octanol–water partition coefficient (Wildman–Crippen LogP) is 3.43. The standard InChI is InChI=1S/C18H23N3O3S2/c1-12-6-8-15(9-7-12)26(23,24)20-18-19-14(3)16(25-18)17(22)21-10-4-5-13(2)11-21/h6-9,13H,4-5,10-11H2,1-3H3,(H,19,20). The van der Waals surface area contributed by atoms with E-state index >= 15 is 0 Å². The van der Waals surface area contributed by atoms with Crippen LogP contribution in [-0.4, -0.2) is 37.3 Å². The molecule has 1 fully saturated rings. The first-order valence-electron chi connectivity index (χ1n) is 8.62. The fraction of sp³-hybridized carbons (Fsp3) is 0.444. The van der Waals surface area contributed by atoms with Gasteiger partial charge in [-0.25, -0.2) is 13.4 Å². The average molecular weight is 394 g/mol. The molecule has 1 aromatic carbocycles. The summed E-state index contributed by atoms with van der Waals surface area (Å²) in [6.45, 7) is 7.25. The minimum Gasteiger partial charge on any atom is -0.338 e. The third kappa shape index (κ3) is 4.07. The topological polar surface area (TPSA) is 79.4 Å². The number of piperidine rings is 1. The Morgan fingerprint density at radius 2 is 1.96 bits per heavy atom. The van der Waals surface area contributed by atoms with Crippen molar-refractivity contribution in [1.29, 1.82) is 0 Å². The van der Waals surface area contributed by atoms with Gasteiger partial charge in [-0.1, -0.05) is 36.0 Å². The number of nitrogens with zero attached hydrogens (tertiary/aromatic N) is 2. The molecule has 26 heavy (non-hydrogen) atoms. The molecule has 1 unspecified atom stereocenters. The molecule has 1 amide bonds. The summed E-state index contributed by atoms with van der Waals surface area (Å²) in [6.07, 6.45) is 2.13. The monoisotopic (exact) mass is 393 g/mol. The molecule has 1 aliphatic heterocycles. The van der Waals surface area contributed by atoms with E-state index < -0.39 is 10.0 Å². The van der Waals surface area contributed by atoms with E-state index in [1.165, 1.54) is 0 Å². The van der Waals surface area contributed by atoms with Gasteiger partial charge >= 0.3 is 0 Å². The summed E-state index contributed by atoms with van der Waals surface area (Å²) in [5.41, 5.74) is 1.54. The highest BCUT2D eigenvalue weighted by Gasteiger charge is 2.26. The van der Waals surface area contributed by atoms with E-state index in [4.69, 9.17) is 0 Å². The molecule has 0 bridgehead atoms. The number of hydrogen-bond donors (Lipinski definition) is 1. The van der Waals surface area contributed by atoms with Crippen molar-refractivity contribution < 1.29 is 13.2 Å². The Morgan fingerprint density at radius 3 is 2.62 bits per heavy atom. The zero-order chi connectivity index (χ0) is 18.9. The van der Waals surface area contributed by atoms with Gasteiger partial charge in [0.2, 0.25) is 0 Å². The van der Waals surface area contributed by atoms with Crippen molar-refractivity contribution in [3.8, 4) is 0 Å². The van der Waals surface area contributed by atoms with Crippen molar-refractivity contribution in [3.05, 3.63) is 40.4 Å². The van der Waals surface area contributed by atoms with E-state index in [-0.39, 0.29) is 15.9 Å². The molecule has 2 aromatic rings. The highest BCUT2D eigenvalue weighted by atomic mass is 32.2.